The van der Waals surface area contributed by atoms with E-state index >= 15 is 0 Å². The number of nitrogens with zero attached hydrogens (tertiary/aromatic N) is 3. The van der Waals surface area contributed by atoms with Gasteiger partial charge in [-0.05, 0) is 43.1 Å². The van der Waals surface area contributed by atoms with Gasteiger partial charge in [0.2, 0.25) is 0 Å². The molecular weight excluding hydrogens is 356 g/mol. The number of H-pyrrole nitrogens is 1. The summed E-state index contributed by atoms with van der Waals surface area (Å²) in [5.74, 6) is 0.863. The van der Waals surface area contributed by atoms with Gasteiger partial charge in [0.1, 0.15) is 11.4 Å². The minimum atomic E-state index is -0.0108. The molecule has 2 aromatic rings. The molecule has 0 unspecified atom stereocenters. The number of nitrogens with one attached hydrogen (secondary N) is 1. The van der Waals surface area contributed by atoms with Gasteiger partial charge in [-0.1, -0.05) is 18.6 Å². The van der Waals surface area contributed by atoms with Crippen molar-refractivity contribution in [3.05, 3.63) is 47.3 Å². The quantitative estimate of drug-likeness (QED) is 0.858. The number of hydrogen-bond donors (Lipinski definition) is 1. The minimum absolute atomic E-state index is 0.0108. The van der Waals surface area contributed by atoms with Crippen molar-refractivity contribution >= 4 is 5.91 Å². The number of benzene rings is 1. The third-order valence-electron chi connectivity index (χ3n) is 5.63. The first kappa shape index (κ1) is 19.0. The van der Waals surface area contributed by atoms with Gasteiger partial charge in [-0.25, -0.2) is 0 Å². The number of ether oxygens (including phenoxy) is 2. The summed E-state index contributed by atoms with van der Waals surface area (Å²) in [6.07, 6.45) is 3.46. The lowest BCUT2D eigenvalue weighted by molar-refractivity contribution is 0.0299. The van der Waals surface area contributed by atoms with E-state index in [2.05, 4.69) is 27.2 Å². The van der Waals surface area contributed by atoms with Crippen LogP contribution in [0.3, 0.4) is 0 Å². The molecule has 1 atom stereocenters. The van der Waals surface area contributed by atoms with Crippen LogP contribution in [0, 0.1) is 0 Å². The van der Waals surface area contributed by atoms with Crippen LogP contribution in [0.5, 0.6) is 5.75 Å². The molecule has 0 saturated carbocycles. The van der Waals surface area contributed by atoms with E-state index in [9.17, 15) is 4.79 Å². The van der Waals surface area contributed by atoms with Crippen molar-refractivity contribution in [1.29, 1.82) is 0 Å². The predicted octanol–water partition coefficient (Wildman–Crippen LogP) is 2.62. The lowest BCUT2D eigenvalue weighted by Crippen LogP contribution is -2.40. The fourth-order valence-electron chi connectivity index (χ4n) is 4.04. The summed E-state index contributed by atoms with van der Waals surface area (Å²) in [5, 5.41) is 7.47. The SMILES string of the molecule is COc1ccc(CN2CCCC[C@H]2c2cc(C(=O)N3CCOCC3)n[nH]2)cc1. The van der Waals surface area contributed by atoms with Crippen molar-refractivity contribution in [3.8, 4) is 5.75 Å². The van der Waals surface area contributed by atoms with Crippen LogP contribution < -0.4 is 4.74 Å². The Hall–Kier alpha value is -2.38. The lowest BCUT2D eigenvalue weighted by Gasteiger charge is -2.35. The van der Waals surface area contributed by atoms with E-state index in [-0.39, 0.29) is 11.9 Å². The van der Waals surface area contributed by atoms with Gasteiger partial charge in [-0.2, -0.15) is 5.10 Å². The standard InChI is InChI=1S/C21H28N4O3/c1-27-17-7-5-16(6-8-17)15-25-9-3-2-4-20(25)18-14-19(23-22-18)21(26)24-10-12-28-13-11-24/h5-8,14,20H,2-4,9-13,15H2,1H3,(H,22,23)/t20-/m0/s1. The van der Waals surface area contributed by atoms with E-state index < -0.39 is 0 Å². The van der Waals surface area contributed by atoms with Crippen molar-refractivity contribution in [3.63, 3.8) is 0 Å². The van der Waals surface area contributed by atoms with Crippen LogP contribution in [0.4, 0.5) is 0 Å². The van der Waals surface area contributed by atoms with Gasteiger partial charge in [-0.3, -0.25) is 14.8 Å². The molecule has 1 aromatic carbocycles. The minimum Gasteiger partial charge on any atom is -0.497 e. The normalized spacial score (nSPS) is 20.9. The monoisotopic (exact) mass is 384 g/mol. The largest absolute Gasteiger partial charge is 0.497 e. The summed E-state index contributed by atoms with van der Waals surface area (Å²) >= 11 is 0. The molecule has 3 heterocycles. The molecule has 0 spiro atoms. The maximum atomic E-state index is 12.7. The predicted molar refractivity (Wildman–Crippen MR) is 105 cm³/mol. The number of morpholine rings is 1. The van der Waals surface area contributed by atoms with Crippen molar-refractivity contribution in [1.82, 2.24) is 20.0 Å². The summed E-state index contributed by atoms with van der Waals surface area (Å²) < 4.78 is 10.6. The zero-order valence-corrected chi connectivity index (χ0v) is 16.4. The van der Waals surface area contributed by atoms with Crippen LogP contribution in [0.25, 0.3) is 0 Å². The molecule has 0 radical (unpaired) electrons. The Bertz CT molecular complexity index is 783. The first-order chi connectivity index (χ1) is 13.7. The number of carbonyl (C=O) groups excluding carboxylic acids is 1. The fraction of sp³-hybridized carbons (Fsp3) is 0.524. The van der Waals surface area contributed by atoms with Gasteiger partial charge >= 0.3 is 0 Å². The number of aromatic nitrogens is 2. The first-order valence-corrected chi connectivity index (χ1v) is 10.0. The number of rotatable bonds is 5. The Morgan fingerprint density at radius 1 is 1.21 bits per heavy atom. The Labute approximate surface area is 165 Å². The molecule has 28 heavy (non-hydrogen) atoms. The summed E-state index contributed by atoms with van der Waals surface area (Å²) in [6, 6.07) is 10.4. The van der Waals surface area contributed by atoms with Gasteiger partial charge in [0.25, 0.3) is 5.91 Å². The second kappa shape index (κ2) is 8.75. The number of amides is 1. The Morgan fingerprint density at radius 3 is 2.75 bits per heavy atom. The van der Waals surface area contributed by atoms with E-state index in [1.54, 1.807) is 7.11 Å². The Balaban J connectivity index is 1.46. The molecule has 0 aliphatic carbocycles. The highest BCUT2D eigenvalue weighted by atomic mass is 16.5. The van der Waals surface area contributed by atoms with Crippen molar-refractivity contribution < 1.29 is 14.3 Å². The van der Waals surface area contributed by atoms with E-state index in [1.807, 2.05) is 23.1 Å². The smallest absolute Gasteiger partial charge is 0.274 e. The molecule has 2 saturated heterocycles. The highest BCUT2D eigenvalue weighted by Crippen LogP contribution is 2.31. The van der Waals surface area contributed by atoms with Crippen molar-refractivity contribution in [2.75, 3.05) is 40.0 Å². The first-order valence-electron chi connectivity index (χ1n) is 10.0. The van der Waals surface area contributed by atoms with E-state index in [0.29, 0.717) is 32.0 Å². The number of piperidine rings is 1. The number of methoxy groups -OCH3 is 1. The maximum absolute atomic E-state index is 12.7. The molecule has 1 N–H and O–H groups in total. The van der Waals surface area contributed by atoms with E-state index in [4.69, 9.17) is 9.47 Å². The Morgan fingerprint density at radius 2 is 2.00 bits per heavy atom. The molecule has 7 nitrogen and oxygen atoms in total. The average molecular weight is 384 g/mol. The lowest BCUT2D eigenvalue weighted by atomic mass is 9.98. The summed E-state index contributed by atoms with van der Waals surface area (Å²) in [7, 11) is 1.68. The van der Waals surface area contributed by atoms with Crippen molar-refractivity contribution in [2.24, 2.45) is 0 Å². The van der Waals surface area contributed by atoms with Crippen LogP contribution in [-0.2, 0) is 11.3 Å². The van der Waals surface area contributed by atoms with Crippen LogP contribution in [0.2, 0.25) is 0 Å². The summed E-state index contributed by atoms with van der Waals surface area (Å²) in [5.41, 5.74) is 2.80. The highest BCUT2D eigenvalue weighted by molar-refractivity contribution is 5.92. The third kappa shape index (κ3) is 4.20. The molecule has 150 valence electrons. The van der Waals surface area contributed by atoms with E-state index in [1.165, 1.54) is 18.4 Å². The second-order valence-electron chi connectivity index (χ2n) is 7.44. The van der Waals surface area contributed by atoms with Gasteiger partial charge in [-0.15, -0.1) is 0 Å². The molecule has 2 aliphatic rings. The molecule has 1 amide bonds. The van der Waals surface area contributed by atoms with Crippen LogP contribution in [0.1, 0.15) is 47.1 Å². The molecule has 7 heteroatoms. The summed E-state index contributed by atoms with van der Waals surface area (Å²) in [6.45, 7) is 4.38. The maximum Gasteiger partial charge on any atom is 0.274 e. The van der Waals surface area contributed by atoms with Gasteiger partial charge in [0.15, 0.2) is 0 Å². The molecule has 2 aliphatic heterocycles. The highest BCUT2D eigenvalue weighted by Gasteiger charge is 2.28. The number of carbonyl (C=O) groups is 1. The van der Waals surface area contributed by atoms with Gasteiger partial charge in [0, 0.05) is 19.6 Å². The summed E-state index contributed by atoms with van der Waals surface area (Å²) in [4.78, 5) is 17.0. The topological polar surface area (TPSA) is 70.7 Å². The molecular formula is C21H28N4O3. The van der Waals surface area contributed by atoms with Crippen LogP contribution >= 0.6 is 0 Å². The zero-order chi connectivity index (χ0) is 19.3. The third-order valence-corrected chi connectivity index (χ3v) is 5.63. The molecule has 2 fully saturated rings. The van der Waals surface area contributed by atoms with Crippen LogP contribution in [-0.4, -0.2) is 65.9 Å². The fourth-order valence-corrected chi connectivity index (χ4v) is 4.04. The molecule has 1 aromatic heterocycles. The second-order valence-corrected chi connectivity index (χ2v) is 7.44. The van der Waals surface area contributed by atoms with Crippen molar-refractivity contribution in [2.45, 2.75) is 31.8 Å². The molecule has 0 bridgehead atoms. The number of aromatic amines is 1. The Kier molecular flexibility index (Phi) is 5.92. The zero-order valence-electron chi connectivity index (χ0n) is 16.4. The number of likely N-dealkylation sites (tertiary alicyclic amines) is 1. The number of hydrogen-bond acceptors (Lipinski definition) is 5. The molecule has 4 rings (SSSR count). The van der Waals surface area contributed by atoms with Gasteiger partial charge in [0.05, 0.1) is 32.1 Å². The van der Waals surface area contributed by atoms with E-state index in [0.717, 1.165) is 31.0 Å². The van der Waals surface area contributed by atoms with Gasteiger partial charge < -0.3 is 14.4 Å². The van der Waals surface area contributed by atoms with Crippen LogP contribution in [0.15, 0.2) is 30.3 Å². The average Bonchev–Trinajstić information content (AvgIpc) is 3.25.